The number of rotatable bonds is 10. The smallest absolute Gasteiger partial charge is 0.312 e. The van der Waals surface area contributed by atoms with Crippen LogP contribution in [0.1, 0.15) is 30.0 Å². The van der Waals surface area contributed by atoms with E-state index in [1.807, 2.05) is 110 Å². The Balaban J connectivity index is 1.45. The lowest BCUT2D eigenvalue weighted by Gasteiger charge is -2.27. The number of carbonyl (C=O) groups excluding carboxylic acids is 2. The molecule has 0 aromatic heterocycles. The van der Waals surface area contributed by atoms with Gasteiger partial charge in [0.25, 0.3) is 0 Å². The van der Waals surface area contributed by atoms with Crippen LogP contribution in [0.25, 0.3) is 11.1 Å². The molecule has 3 heteroatoms. The molecule has 1 unspecified atom stereocenters. The second-order valence-corrected chi connectivity index (χ2v) is 9.24. The molecule has 4 aromatic rings. The molecule has 0 aliphatic heterocycles. The van der Waals surface area contributed by atoms with Gasteiger partial charge in [-0.05, 0) is 41.2 Å². The summed E-state index contributed by atoms with van der Waals surface area (Å²) in [7, 11) is 0. The zero-order chi connectivity index (χ0) is 24.5. The van der Waals surface area contributed by atoms with E-state index in [-0.39, 0.29) is 31.2 Å². The number of carbonyl (C=O) groups is 2. The summed E-state index contributed by atoms with van der Waals surface area (Å²) >= 11 is 0. The monoisotopic (exact) mass is 462 g/mol. The third kappa shape index (κ3) is 6.77. The maximum Gasteiger partial charge on any atom is 0.312 e. The molecule has 0 radical (unpaired) electrons. The van der Waals surface area contributed by atoms with Crippen LogP contribution in [0, 0.1) is 5.41 Å². The predicted molar refractivity (Wildman–Crippen MR) is 140 cm³/mol. The van der Waals surface area contributed by atoms with Gasteiger partial charge >= 0.3 is 5.97 Å². The third-order valence-electron chi connectivity index (χ3n) is 6.19. The molecule has 0 saturated heterocycles. The molecule has 0 bridgehead atoms. The van der Waals surface area contributed by atoms with Gasteiger partial charge in [-0.15, -0.1) is 0 Å². The Morgan fingerprint density at radius 3 is 1.74 bits per heavy atom. The lowest BCUT2D eigenvalue weighted by molar-refractivity contribution is -0.158. The van der Waals surface area contributed by atoms with E-state index in [0.717, 1.165) is 27.8 Å². The average molecular weight is 463 g/mol. The van der Waals surface area contributed by atoms with E-state index in [9.17, 15) is 9.59 Å². The van der Waals surface area contributed by atoms with E-state index in [1.165, 1.54) is 0 Å². The van der Waals surface area contributed by atoms with Gasteiger partial charge < -0.3 is 4.74 Å². The molecular formula is C32H30O3. The Kier molecular flexibility index (Phi) is 7.89. The molecule has 3 nitrogen and oxygen atoms in total. The van der Waals surface area contributed by atoms with Gasteiger partial charge in [0.05, 0.1) is 5.41 Å². The van der Waals surface area contributed by atoms with Gasteiger partial charge in [-0.3, -0.25) is 9.59 Å². The van der Waals surface area contributed by atoms with Gasteiger partial charge in [0.2, 0.25) is 0 Å². The number of ketones is 1. The van der Waals surface area contributed by atoms with Crippen LogP contribution in [0.4, 0.5) is 0 Å². The highest BCUT2D eigenvalue weighted by Crippen LogP contribution is 2.30. The standard InChI is InChI=1S/C32H30O3/c1-32(22-26-11-5-2-6-12-26,31(34)35-24-27-13-7-3-8-14-27)23-30(33)21-25-17-19-29(20-18-25)28-15-9-4-10-16-28/h2-20H,21-24H2,1H3. The van der Waals surface area contributed by atoms with E-state index in [0.29, 0.717) is 6.42 Å². The summed E-state index contributed by atoms with van der Waals surface area (Å²) in [6, 6.07) is 37.6. The van der Waals surface area contributed by atoms with Crippen LogP contribution < -0.4 is 0 Å². The van der Waals surface area contributed by atoms with E-state index in [1.54, 1.807) is 0 Å². The highest BCUT2D eigenvalue weighted by atomic mass is 16.5. The van der Waals surface area contributed by atoms with Crippen LogP contribution in [0.15, 0.2) is 115 Å². The molecule has 4 aromatic carbocycles. The molecule has 0 aliphatic carbocycles. The van der Waals surface area contributed by atoms with E-state index >= 15 is 0 Å². The lowest BCUT2D eigenvalue weighted by Crippen LogP contribution is -2.35. The molecule has 1 atom stereocenters. The Labute approximate surface area is 207 Å². The molecule has 176 valence electrons. The zero-order valence-corrected chi connectivity index (χ0v) is 20.0. The first-order valence-corrected chi connectivity index (χ1v) is 11.9. The van der Waals surface area contributed by atoms with Crippen molar-refractivity contribution in [2.24, 2.45) is 5.41 Å². The lowest BCUT2D eigenvalue weighted by atomic mass is 9.78. The van der Waals surface area contributed by atoms with Gasteiger partial charge in [0.15, 0.2) is 0 Å². The summed E-state index contributed by atoms with van der Waals surface area (Å²) in [6.45, 7) is 2.03. The minimum atomic E-state index is -0.947. The van der Waals surface area contributed by atoms with Crippen LogP contribution in [-0.4, -0.2) is 11.8 Å². The number of hydrogen-bond acceptors (Lipinski definition) is 3. The molecular weight excluding hydrogens is 432 g/mol. The van der Waals surface area contributed by atoms with Crippen molar-refractivity contribution >= 4 is 11.8 Å². The number of benzene rings is 4. The Morgan fingerprint density at radius 2 is 1.14 bits per heavy atom. The summed E-state index contributed by atoms with van der Waals surface area (Å²) in [5.74, 6) is -0.328. The largest absolute Gasteiger partial charge is 0.460 e. The van der Waals surface area contributed by atoms with Gasteiger partial charge in [0, 0.05) is 12.8 Å². The van der Waals surface area contributed by atoms with Crippen molar-refractivity contribution in [3.8, 4) is 11.1 Å². The van der Waals surface area contributed by atoms with Crippen LogP contribution in [0.5, 0.6) is 0 Å². The SMILES string of the molecule is CC(CC(=O)Cc1ccc(-c2ccccc2)cc1)(Cc1ccccc1)C(=O)OCc1ccccc1. The highest BCUT2D eigenvalue weighted by molar-refractivity contribution is 5.88. The molecule has 35 heavy (non-hydrogen) atoms. The van der Waals surface area contributed by atoms with Crippen molar-refractivity contribution in [2.75, 3.05) is 0 Å². The summed E-state index contributed by atoms with van der Waals surface area (Å²) in [4.78, 5) is 26.4. The molecule has 0 aliphatic rings. The average Bonchev–Trinajstić information content (AvgIpc) is 2.89. The number of hydrogen-bond donors (Lipinski definition) is 0. The second kappa shape index (κ2) is 11.4. The molecule has 0 N–H and O–H groups in total. The Morgan fingerprint density at radius 1 is 0.629 bits per heavy atom. The first-order valence-electron chi connectivity index (χ1n) is 11.9. The first-order chi connectivity index (χ1) is 17.0. The fourth-order valence-corrected chi connectivity index (χ4v) is 4.32. The van der Waals surface area contributed by atoms with Crippen LogP contribution in [0.2, 0.25) is 0 Å². The number of esters is 1. The van der Waals surface area contributed by atoms with Crippen molar-refractivity contribution in [2.45, 2.75) is 32.8 Å². The minimum Gasteiger partial charge on any atom is -0.460 e. The number of ether oxygens (including phenoxy) is 1. The zero-order valence-electron chi connectivity index (χ0n) is 20.0. The Hall–Kier alpha value is -3.98. The summed E-state index contributed by atoms with van der Waals surface area (Å²) in [5.41, 5.74) is 4.17. The van der Waals surface area contributed by atoms with Gasteiger partial charge in [-0.2, -0.15) is 0 Å². The van der Waals surface area contributed by atoms with Crippen molar-refractivity contribution in [3.63, 3.8) is 0 Å². The normalized spacial score (nSPS) is 12.5. The predicted octanol–water partition coefficient (Wildman–Crippen LogP) is 6.85. The van der Waals surface area contributed by atoms with Crippen LogP contribution >= 0.6 is 0 Å². The molecule has 0 heterocycles. The maximum atomic E-state index is 13.3. The molecule has 0 saturated carbocycles. The molecule has 4 rings (SSSR count). The molecule has 0 fully saturated rings. The highest BCUT2D eigenvalue weighted by Gasteiger charge is 2.37. The van der Waals surface area contributed by atoms with Gasteiger partial charge in [-0.1, -0.05) is 115 Å². The van der Waals surface area contributed by atoms with Gasteiger partial charge in [-0.25, -0.2) is 0 Å². The summed E-state index contributed by atoms with van der Waals surface area (Å²) < 4.78 is 5.69. The van der Waals surface area contributed by atoms with E-state index < -0.39 is 5.41 Å². The van der Waals surface area contributed by atoms with Crippen LogP contribution in [0.3, 0.4) is 0 Å². The minimum absolute atomic E-state index is 0.0209. The van der Waals surface area contributed by atoms with Crippen molar-refractivity contribution in [1.29, 1.82) is 0 Å². The quantitative estimate of drug-likeness (QED) is 0.242. The van der Waals surface area contributed by atoms with Gasteiger partial charge in [0.1, 0.15) is 12.4 Å². The second-order valence-electron chi connectivity index (χ2n) is 9.24. The van der Waals surface area contributed by atoms with Crippen molar-refractivity contribution < 1.29 is 14.3 Å². The van der Waals surface area contributed by atoms with Crippen molar-refractivity contribution in [1.82, 2.24) is 0 Å². The van der Waals surface area contributed by atoms with Crippen LogP contribution in [-0.2, 0) is 33.8 Å². The Bertz CT molecular complexity index is 1230. The number of Topliss-reactive ketones (excluding diaryl/α,β-unsaturated/α-hetero) is 1. The van der Waals surface area contributed by atoms with E-state index in [4.69, 9.17) is 4.74 Å². The maximum absolute atomic E-state index is 13.3. The fourth-order valence-electron chi connectivity index (χ4n) is 4.32. The van der Waals surface area contributed by atoms with E-state index in [2.05, 4.69) is 12.1 Å². The third-order valence-corrected chi connectivity index (χ3v) is 6.19. The fraction of sp³-hybridized carbons (Fsp3) is 0.188. The molecule has 0 spiro atoms. The topological polar surface area (TPSA) is 43.4 Å². The first kappa shape index (κ1) is 24.2. The molecule has 0 amide bonds. The summed E-state index contributed by atoms with van der Waals surface area (Å²) in [6.07, 6.45) is 0.849. The van der Waals surface area contributed by atoms with Crippen molar-refractivity contribution in [3.05, 3.63) is 132 Å². The summed E-state index contributed by atoms with van der Waals surface area (Å²) in [5, 5.41) is 0.